The number of piperidine rings is 1. The Labute approximate surface area is 131 Å². The molecule has 2 aliphatic rings. The molecular formula is C17H25BrN2. The number of fused-ring (bicyclic) bond motifs is 2. The highest BCUT2D eigenvalue weighted by Gasteiger charge is 2.40. The Morgan fingerprint density at radius 2 is 1.90 bits per heavy atom. The summed E-state index contributed by atoms with van der Waals surface area (Å²) in [5.74, 6) is 0. The second-order valence-electron chi connectivity index (χ2n) is 6.40. The predicted octanol–water partition coefficient (Wildman–Crippen LogP) is 4.26. The van der Waals surface area contributed by atoms with Gasteiger partial charge in [-0.3, -0.25) is 0 Å². The molecule has 2 unspecified atom stereocenters. The van der Waals surface area contributed by atoms with E-state index in [9.17, 15) is 0 Å². The maximum atomic E-state index is 3.73. The average Bonchev–Trinajstić information content (AvgIpc) is 2.67. The van der Waals surface area contributed by atoms with Crippen LogP contribution in [0.2, 0.25) is 0 Å². The van der Waals surface area contributed by atoms with E-state index in [0.717, 1.165) is 18.1 Å². The monoisotopic (exact) mass is 336 g/mol. The number of halogens is 1. The Bertz CT molecular complexity index is 440. The van der Waals surface area contributed by atoms with Gasteiger partial charge in [0.2, 0.25) is 0 Å². The lowest BCUT2D eigenvalue weighted by Crippen LogP contribution is -2.49. The Balaban J connectivity index is 1.76. The molecule has 1 N–H and O–H groups in total. The van der Waals surface area contributed by atoms with E-state index < -0.39 is 0 Å². The van der Waals surface area contributed by atoms with Crippen LogP contribution < -0.4 is 10.2 Å². The van der Waals surface area contributed by atoms with Gasteiger partial charge in [0.15, 0.2) is 0 Å². The third kappa shape index (κ3) is 2.89. The van der Waals surface area contributed by atoms with Gasteiger partial charge in [0.1, 0.15) is 0 Å². The number of hydrogen-bond acceptors (Lipinski definition) is 2. The molecule has 0 amide bonds. The van der Waals surface area contributed by atoms with Crippen molar-refractivity contribution >= 4 is 21.6 Å². The van der Waals surface area contributed by atoms with Gasteiger partial charge in [0.25, 0.3) is 0 Å². The lowest BCUT2D eigenvalue weighted by Gasteiger charge is -2.41. The largest absolute Gasteiger partial charge is 0.365 e. The van der Waals surface area contributed by atoms with Crippen molar-refractivity contribution in [2.45, 2.75) is 64.1 Å². The number of anilines is 1. The van der Waals surface area contributed by atoms with Gasteiger partial charge in [0.05, 0.1) is 0 Å². The Hall–Kier alpha value is -0.540. The van der Waals surface area contributed by atoms with E-state index in [1.54, 1.807) is 0 Å². The van der Waals surface area contributed by atoms with Crippen LogP contribution >= 0.6 is 15.9 Å². The summed E-state index contributed by atoms with van der Waals surface area (Å²) in [7, 11) is 0. The summed E-state index contributed by atoms with van der Waals surface area (Å²) in [6.07, 6.45) is 6.57. The molecule has 2 atom stereocenters. The highest BCUT2D eigenvalue weighted by molar-refractivity contribution is 9.10. The van der Waals surface area contributed by atoms with Crippen LogP contribution in [0.5, 0.6) is 0 Å². The average molecular weight is 337 g/mol. The van der Waals surface area contributed by atoms with E-state index in [1.165, 1.54) is 54.4 Å². The SMILES string of the molecule is CCCNC1CC2CCC(C1)N2c1cc(C)cc(Br)c1. The smallest absolute Gasteiger partial charge is 0.0385 e. The number of rotatable bonds is 4. The summed E-state index contributed by atoms with van der Waals surface area (Å²) in [4.78, 5) is 2.70. The quantitative estimate of drug-likeness (QED) is 0.883. The molecule has 2 saturated heterocycles. The van der Waals surface area contributed by atoms with Crippen LogP contribution in [-0.4, -0.2) is 24.7 Å². The fraction of sp³-hybridized carbons (Fsp3) is 0.647. The van der Waals surface area contributed by atoms with Crippen LogP contribution in [0.3, 0.4) is 0 Å². The molecule has 0 radical (unpaired) electrons. The molecule has 0 aromatic heterocycles. The van der Waals surface area contributed by atoms with Crippen LogP contribution in [0.1, 0.15) is 44.6 Å². The van der Waals surface area contributed by atoms with E-state index in [2.05, 4.69) is 58.2 Å². The van der Waals surface area contributed by atoms with Crippen molar-refractivity contribution in [3.8, 4) is 0 Å². The van der Waals surface area contributed by atoms with E-state index >= 15 is 0 Å². The second kappa shape index (κ2) is 6.07. The van der Waals surface area contributed by atoms with Gasteiger partial charge in [-0.25, -0.2) is 0 Å². The summed E-state index contributed by atoms with van der Waals surface area (Å²) < 4.78 is 1.21. The van der Waals surface area contributed by atoms with Gasteiger partial charge in [-0.1, -0.05) is 22.9 Å². The van der Waals surface area contributed by atoms with Gasteiger partial charge < -0.3 is 10.2 Å². The number of aryl methyl sites for hydroxylation is 1. The molecule has 2 bridgehead atoms. The first-order valence-electron chi connectivity index (χ1n) is 7.96. The van der Waals surface area contributed by atoms with Crippen molar-refractivity contribution < 1.29 is 0 Å². The van der Waals surface area contributed by atoms with E-state index in [4.69, 9.17) is 0 Å². The van der Waals surface area contributed by atoms with Crippen molar-refractivity contribution in [1.29, 1.82) is 0 Å². The van der Waals surface area contributed by atoms with Gasteiger partial charge in [-0.05, 0) is 69.3 Å². The third-order valence-electron chi connectivity index (χ3n) is 4.74. The van der Waals surface area contributed by atoms with Gasteiger partial charge in [-0.2, -0.15) is 0 Å². The standard InChI is InChI=1S/C17H25BrN2/c1-3-6-19-14-10-15-4-5-16(11-14)20(15)17-8-12(2)7-13(18)9-17/h7-9,14-16,19H,3-6,10-11H2,1-2H3. The van der Waals surface area contributed by atoms with E-state index in [0.29, 0.717) is 0 Å². The second-order valence-corrected chi connectivity index (χ2v) is 7.32. The summed E-state index contributed by atoms with van der Waals surface area (Å²) in [6.45, 7) is 5.60. The van der Waals surface area contributed by atoms with E-state index in [-0.39, 0.29) is 0 Å². The van der Waals surface area contributed by atoms with Crippen LogP contribution in [0.15, 0.2) is 22.7 Å². The zero-order chi connectivity index (χ0) is 14.1. The van der Waals surface area contributed by atoms with Gasteiger partial charge >= 0.3 is 0 Å². The first kappa shape index (κ1) is 14.4. The molecule has 1 aromatic rings. The summed E-state index contributed by atoms with van der Waals surface area (Å²) >= 11 is 3.65. The number of benzene rings is 1. The molecule has 2 heterocycles. The summed E-state index contributed by atoms with van der Waals surface area (Å²) in [6, 6.07) is 9.03. The Morgan fingerprint density at radius 1 is 1.20 bits per heavy atom. The molecule has 20 heavy (non-hydrogen) atoms. The number of nitrogens with zero attached hydrogens (tertiary/aromatic N) is 1. The topological polar surface area (TPSA) is 15.3 Å². The van der Waals surface area contributed by atoms with Crippen LogP contribution in [0.25, 0.3) is 0 Å². The van der Waals surface area contributed by atoms with Crippen molar-refractivity contribution in [3.63, 3.8) is 0 Å². The van der Waals surface area contributed by atoms with Gasteiger partial charge in [0, 0.05) is 28.3 Å². The van der Waals surface area contributed by atoms with Crippen molar-refractivity contribution in [2.75, 3.05) is 11.4 Å². The van der Waals surface area contributed by atoms with Crippen LogP contribution in [0, 0.1) is 6.92 Å². The third-order valence-corrected chi connectivity index (χ3v) is 5.20. The first-order valence-corrected chi connectivity index (χ1v) is 8.75. The fourth-order valence-electron chi connectivity index (χ4n) is 3.98. The molecule has 2 nitrogen and oxygen atoms in total. The number of nitrogens with one attached hydrogen (secondary N) is 1. The number of hydrogen-bond donors (Lipinski definition) is 1. The highest BCUT2D eigenvalue weighted by atomic mass is 79.9. The zero-order valence-electron chi connectivity index (χ0n) is 12.5. The molecule has 3 heteroatoms. The molecular weight excluding hydrogens is 312 g/mol. The van der Waals surface area contributed by atoms with Gasteiger partial charge in [-0.15, -0.1) is 0 Å². The van der Waals surface area contributed by atoms with Crippen LogP contribution in [0.4, 0.5) is 5.69 Å². The van der Waals surface area contributed by atoms with Crippen molar-refractivity contribution in [2.24, 2.45) is 0 Å². The fourth-order valence-corrected chi connectivity index (χ4v) is 4.58. The minimum absolute atomic E-state index is 0.733. The van der Waals surface area contributed by atoms with Crippen LogP contribution in [-0.2, 0) is 0 Å². The maximum Gasteiger partial charge on any atom is 0.0385 e. The molecule has 3 rings (SSSR count). The first-order chi connectivity index (χ1) is 9.67. The minimum Gasteiger partial charge on any atom is -0.365 e. The molecule has 0 spiro atoms. The Kier molecular flexibility index (Phi) is 4.37. The molecule has 0 aliphatic carbocycles. The van der Waals surface area contributed by atoms with E-state index in [1.807, 2.05) is 0 Å². The lowest BCUT2D eigenvalue weighted by molar-refractivity contribution is 0.356. The lowest BCUT2D eigenvalue weighted by atomic mass is 9.96. The normalized spacial score (nSPS) is 28.9. The molecule has 0 saturated carbocycles. The Morgan fingerprint density at radius 3 is 2.50 bits per heavy atom. The molecule has 1 aromatic carbocycles. The summed E-state index contributed by atoms with van der Waals surface area (Å²) in [5.41, 5.74) is 2.76. The highest BCUT2D eigenvalue weighted by Crippen LogP contribution is 2.40. The molecule has 2 aliphatic heterocycles. The summed E-state index contributed by atoms with van der Waals surface area (Å²) in [5, 5.41) is 3.73. The molecule has 2 fully saturated rings. The maximum absolute atomic E-state index is 3.73. The minimum atomic E-state index is 0.733. The molecule has 110 valence electrons. The van der Waals surface area contributed by atoms with Crippen molar-refractivity contribution in [3.05, 3.63) is 28.2 Å². The predicted molar refractivity (Wildman–Crippen MR) is 89.5 cm³/mol. The zero-order valence-corrected chi connectivity index (χ0v) is 14.1. The van der Waals surface area contributed by atoms with Crippen molar-refractivity contribution in [1.82, 2.24) is 5.32 Å².